The highest BCUT2D eigenvalue weighted by molar-refractivity contribution is 7.13. The number of carbonyl (C=O) groups excluding carboxylic acids is 2. The quantitative estimate of drug-likeness (QED) is 0.432. The number of fused-ring (bicyclic) bond motifs is 1. The van der Waals surface area contributed by atoms with Gasteiger partial charge in [0.2, 0.25) is 0 Å². The summed E-state index contributed by atoms with van der Waals surface area (Å²) in [5.74, 6) is -0.131. The number of benzene rings is 1. The molecule has 1 N–H and O–H groups in total. The van der Waals surface area contributed by atoms with Crippen LogP contribution >= 0.6 is 11.3 Å². The van der Waals surface area contributed by atoms with Crippen molar-refractivity contribution in [3.05, 3.63) is 70.7 Å². The topological polar surface area (TPSA) is 80.1 Å². The predicted molar refractivity (Wildman–Crippen MR) is 134 cm³/mol. The van der Waals surface area contributed by atoms with Crippen LogP contribution in [0.25, 0.3) is 21.6 Å². The van der Waals surface area contributed by atoms with Crippen molar-refractivity contribution in [1.29, 1.82) is 0 Å². The first-order valence-corrected chi connectivity index (χ1v) is 12.5. The number of hydrogen-bond donors (Lipinski definition) is 1. The standard InChI is InChI=1S/C26H27N5O2S/c1-17(2)31-24-21(16-28-31)20(14-22(29-24)23-9-6-12-34-23)25(32)27-15-18-7-5-8-19(13-18)26(33)30-10-3-4-11-30/h5-9,12-14,16-17H,3-4,10-11,15H2,1-2H3,(H,27,32). The van der Waals surface area contributed by atoms with Gasteiger partial charge in [0.05, 0.1) is 27.7 Å². The molecule has 4 aromatic rings. The maximum absolute atomic E-state index is 13.3. The summed E-state index contributed by atoms with van der Waals surface area (Å²) < 4.78 is 1.84. The van der Waals surface area contributed by atoms with Gasteiger partial charge in [-0.2, -0.15) is 5.10 Å². The lowest BCUT2D eigenvalue weighted by molar-refractivity contribution is 0.0792. The third-order valence-electron chi connectivity index (χ3n) is 6.09. The second kappa shape index (κ2) is 9.38. The minimum absolute atomic E-state index is 0.0585. The molecule has 0 saturated carbocycles. The van der Waals surface area contributed by atoms with Crippen molar-refractivity contribution < 1.29 is 9.59 Å². The van der Waals surface area contributed by atoms with Gasteiger partial charge in [0.1, 0.15) is 0 Å². The Bertz CT molecular complexity index is 1340. The lowest BCUT2D eigenvalue weighted by Crippen LogP contribution is -2.28. The van der Waals surface area contributed by atoms with Crippen LogP contribution in [-0.4, -0.2) is 44.6 Å². The zero-order valence-electron chi connectivity index (χ0n) is 19.3. The highest BCUT2D eigenvalue weighted by Gasteiger charge is 2.21. The molecule has 1 aromatic carbocycles. The van der Waals surface area contributed by atoms with Crippen LogP contribution in [0.15, 0.2) is 54.0 Å². The third kappa shape index (κ3) is 4.33. The molecular weight excluding hydrogens is 446 g/mol. The molecule has 5 rings (SSSR count). The van der Waals surface area contributed by atoms with E-state index >= 15 is 0 Å². The first kappa shape index (κ1) is 22.3. The van der Waals surface area contributed by atoms with Crippen LogP contribution in [0, 0.1) is 0 Å². The van der Waals surface area contributed by atoms with Crippen LogP contribution in [0.1, 0.15) is 59.0 Å². The molecular formula is C26H27N5O2S. The van der Waals surface area contributed by atoms with Crippen molar-refractivity contribution in [3.8, 4) is 10.6 Å². The summed E-state index contributed by atoms with van der Waals surface area (Å²) in [7, 11) is 0. The number of thiophene rings is 1. The molecule has 0 aliphatic carbocycles. The number of nitrogens with zero attached hydrogens (tertiary/aromatic N) is 4. The van der Waals surface area contributed by atoms with Crippen molar-refractivity contribution in [2.24, 2.45) is 0 Å². The molecule has 3 aromatic heterocycles. The van der Waals surface area contributed by atoms with E-state index in [1.807, 2.05) is 71.3 Å². The van der Waals surface area contributed by atoms with E-state index in [4.69, 9.17) is 4.98 Å². The number of nitrogens with one attached hydrogen (secondary N) is 1. The molecule has 1 fully saturated rings. The first-order chi connectivity index (χ1) is 16.5. The Balaban J connectivity index is 1.41. The van der Waals surface area contributed by atoms with E-state index in [1.165, 1.54) is 0 Å². The van der Waals surface area contributed by atoms with E-state index in [0.29, 0.717) is 23.3 Å². The monoisotopic (exact) mass is 473 g/mol. The largest absolute Gasteiger partial charge is 0.348 e. The molecule has 1 saturated heterocycles. The Morgan fingerprint density at radius 2 is 1.94 bits per heavy atom. The Kier molecular flexibility index (Phi) is 6.15. The second-order valence-electron chi connectivity index (χ2n) is 8.83. The molecule has 0 bridgehead atoms. The fourth-order valence-corrected chi connectivity index (χ4v) is 5.02. The average molecular weight is 474 g/mol. The highest BCUT2D eigenvalue weighted by atomic mass is 32.1. The highest BCUT2D eigenvalue weighted by Crippen LogP contribution is 2.29. The maximum atomic E-state index is 13.3. The number of pyridine rings is 1. The zero-order valence-corrected chi connectivity index (χ0v) is 20.1. The zero-order chi connectivity index (χ0) is 23.7. The van der Waals surface area contributed by atoms with E-state index in [9.17, 15) is 9.59 Å². The predicted octanol–water partition coefficient (Wildman–Crippen LogP) is 4.91. The minimum Gasteiger partial charge on any atom is -0.348 e. The maximum Gasteiger partial charge on any atom is 0.253 e. The van der Waals surface area contributed by atoms with Gasteiger partial charge in [-0.15, -0.1) is 11.3 Å². The van der Waals surface area contributed by atoms with Crippen molar-refractivity contribution in [2.45, 2.75) is 39.3 Å². The van der Waals surface area contributed by atoms with Gasteiger partial charge in [-0.05, 0) is 61.9 Å². The molecule has 174 valence electrons. The molecule has 0 spiro atoms. The van der Waals surface area contributed by atoms with Gasteiger partial charge in [0.25, 0.3) is 11.8 Å². The third-order valence-corrected chi connectivity index (χ3v) is 6.99. The van der Waals surface area contributed by atoms with Crippen LogP contribution in [-0.2, 0) is 6.54 Å². The van der Waals surface area contributed by atoms with Gasteiger partial charge >= 0.3 is 0 Å². The summed E-state index contributed by atoms with van der Waals surface area (Å²) >= 11 is 1.59. The summed E-state index contributed by atoms with van der Waals surface area (Å²) in [6, 6.07) is 13.4. The number of carbonyl (C=O) groups is 2. The molecule has 1 aliphatic rings. The SMILES string of the molecule is CC(C)n1ncc2c(C(=O)NCc3cccc(C(=O)N4CCCC4)c3)cc(-c3cccs3)nc21. The smallest absolute Gasteiger partial charge is 0.253 e. The van der Waals surface area contributed by atoms with Gasteiger partial charge in [-0.25, -0.2) is 9.67 Å². The van der Waals surface area contributed by atoms with E-state index < -0.39 is 0 Å². The second-order valence-corrected chi connectivity index (χ2v) is 9.78. The van der Waals surface area contributed by atoms with Crippen molar-refractivity contribution >= 4 is 34.2 Å². The van der Waals surface area contributed by atoms with Crippen molar-refractivity contribution in [3.63, 3.8) is 0 Å². The Morgan fingerprint density at radius 1 is 1.12 bits per heavy atom. The Morgan fingerprint density at radius 3 is 2.68 bits per heavy atom. The fraction of sp³-hybridized carbons (Fsp3) is 0.308. The van der Waals surface area contributed by atoms with Crippen LogP contribution in [0.2, 0.25) is 0 Å². The fourth-order valence-electron chi connectivity index (χ4n) is 4.33. The number of hydrogen-bond acceptors (Lipinski definition) is 5. The molecule has 1 aliphatic heterocycles. The van der Waals surface area contributed by atoms with E-state index in [0.717, 1.165) is 47.5 Å². The number of amides is 2. The molecule has 0 atom stereocenters. The van der Waals surface area contributed by atoms with Crippen LogP contribution in [0.4, 0.5) is 0 Å². The summed E-state index contributed by atoms with van der Waals surface area (Å²) in [6.45, 7) is 6.05. The number of likely N-dealkylation sites (tertiary alicyclic amines) is 1. The normalized spacial score (nSPS) is 13.7. The van der Waals surface area contributed by atoms with Crippen LogP contribution in [0.5, 0.6) is 0 Å². The Hall–Kier alpha value is -3.52. The lowest BCUT2D eigenvalue weighted by Gasteiger charge is -2.16. The molecule has 0 radical (unpaired) electrons. The minimum atomic E-state index is -0.190. The molecule has 4 heterocycles. The van der Waals surface area contributed by atoms with Crippen LogP contribution in [0.3, 0.4) is 0 Å². The summed E-state index contributed by atoms with van der Waals surface area (Å²) in [6.07, 6.45) is 3.83. The van der Waals surface area contributed by atoms with Gasteiger partial charge in [0.15, 0.2) is 5.65 Å². The first-order valence-electron chi connectivity index (χ1n) is 11.6. The molecule has 7 nitrogen and oxygen atoms in total. The van der Waals surface area contributed by atoms with E-state index in [2.05, 4.69) is 10.4 Å². The van der Waals surface area contributed by atoms with Crippen LogP contribution < -0.4 is 5.32 Å². The summed E-state index contributed by atoms with van der Waals surface area (Å²) in [4.78, 5) is 33.8. The van der Waals surface area contributed by atoms with E-state index in [1.54, 1.807) is 17.5 Å². The van der Waals surface area contributed by atoms with Crippen molar-refractivity contribution in [2.75, 3.05) is 13.1 Å². The van der Waals surface area contributed by atoms with Crippen molar-refractivity contribution in [1.82, 2.24) is 25.0 Å². The number of rotatable bonds is 6. The molecule has 34 heavy (non-hydrogen) atoms. The molecule has 8 heteroatoms. The molecule has 0 unspecified atom stereocenters. The number of aromatic nitrogens is 3. The molecule has 2 amide bonds. The van der Waals surface area contributed by atoms with Gasteiger partial charge in [0, 0.05) is 31.2 Å². The average Bonchev–Trinajstić information content (AvgIpc) is 3.62. The Labute approximate surface area is 202 Å². The van der Waals surface area contributed by atoms with E-state index in [-0.39, 0.29) is 17.9 Å². The summed E-state index contributed by atoms with van der Waals surface area (Å²) in [5.41, 5.74) is 3.56. The lowest BCUT2D eigenvalue weighted by atomic mass is 10.1. The van der Waals surface area contributed by atoms with Gasteiger partial charge in [-0.3, -0.25) is 9.59 Å². The van der Waals surface area contributed by atoms with Gasteiger partial charge < -0.3 is 10.2 Å². The van der Waals surface area contributed by atoms with Gasteiger partial charge in [-0.1, -0.05) is 18.2 Å². The summed E-state index contributed by atoms with van der Waals surface area (Å²) in [5, 5.41) is 10.2.